The van der Waals surface area contributed by atoms with Crippen LogP contribution < -0.4 is 0 Å². The summed E-state index contributed by atoms with van der Waals surface area (Å²) in [4.78, 5) is 17.1. The van der Waals surface area contributed by atoms with E-state index in [-0.39, 0.29) is 16.7 Å². The Labute approximate surface area is 485 Å². The number of fused-ring (bicyclic) bond motifs is 9. The Bertz CT molecular complexity index is 4820. The van der Waals surface area contributed by atoms with Gasteiger partial charge in [-0.25, -0.2) is 9.97 Å². The number of aliphatic imine (C=N–C) groups is 1. The van der Waals surface area contributed by atoms with Gasteiger partial charge in [0.2, 0.25) is 0 Å². The van der Waals surface area contributed by atoms with E-state index in [1.807, 2.05) is 0 Å². The third-order valence-corrected chi connectivity index (χ3v) is 18.3. The van der Waals surface area contributed by atoms with Gasteiger partial charge < -0.3 is 0 Å². The van der Waals surface area contributed by atoms with Gasteiger partial charge in [0, 0.05) is 32.9 Å². The standard InChI is InChI=1S/C80H57N3/c1-79(2)69-31-19-17-29-61(69)63-38-33-53(46-71(63)79)58-44-67(54-34-39-64-62-30-18-20-32-70(62)80(3,4)72(64)47-54)77-68(45-58)75(55-35-37-60-59(41-55)42-57(49-21-9-5-10-22-49)43-66(60)50-23-11-6-12-24-50)82-78(83-77)56-36-40-65-73(48-56)81-76(52-27-15-8-16-28-52)74(65)51-25-13-7-14-26-51/h5-48,74H,1-4H3. The molecule has 0 saturated carbocycles. The SMILES string of the molecule is CC1(C)c2ccccc2-c2ccc(-c3cc(-c4ccc5c(c4)C(C)(C)c4ccccc4-5)c4nc(-c5ccc6c(c5)N=C(c5ccccc5)C6c5ccccc5)nc(-c5ccc6c(-c7ccccc7)cc(-c7ccccc7)cc6c5)c4c3)cc21. The van der Waals surface area contributed by atoms with Crippen molar-refractivity contribution in [3.63, 3.8) is 0 Å². The lowest BCUT2D eigenvalue weighted by atomic mass is 9.81. The van der Waals surface area contributed by atoms with Crippen molar-refractivity contribution in [2.24, 2.45) is 4.99 Å². The molecule has 0 spiro atoms. The molecule has 0 amide bonds. The van der Waals surface area contributed by atoms with Gasteiger partial charge in [0.05, 0.1) is 28.5 Å². The lowest BCUT2D eigenvalue weighted by Crippen LogP contribution is -2.15. The molecule has 12 aromatic carbocycles. The van der Waals surface area contributed by atoms with Crippen molar-refractivity contribution in [1.29, 1.82) is 0 Å². The van der Waals surface area contributed by atoms with Gasteiger partial charge >= 0.3 is 0 Å². The van der Waals surface area contributed by atoms with Gasteiger partial charge in [-0.3, -0.25) is 4.99 Å². The molecule has 3 heteroatoms. The molecule has 13 aromatic rings. The number of nitrogens with zero attached hydrogens (tertiary/aromatic N) is 3. The summed E-state index contributed by atoms with van der Waals surface area (Å²) in [5.41, 5.74) is 28.6. The van der Waals surface area contributed by atoms with E-state index in [2.05, 4.69) is 295 Å². The summed E-state index contributed by atoms with van der Waals surface area (Å²) in [7, 11) is 0. The first kappa shape index (κ1) is 48.8. The number of aromatic nitrogens is 2. The Kier molecular flexibility index (Phi) is 11.0. The van der Waals surface area contributed by atoms with Crippen molar-refractivity contribution in [3.8, 4) is 89.4 Å². The Morgan fingerprint density at radius 2 is 0.831 bits per heavy atom. The Morgan fingerprint density at radius 1 is 0.313 bits per heavy atom. The highest BCUT2D eigenvalue weighted by Gasteiger charge is 2.37. The molecule has 2 heterocycles. The number of hydrogen-bond acceptors (Lipinski definition) is 3. The Morgan fingerprint density at radius 3 is 1.51 bits per heavy atom. The van der Waals surface area contributed by atoms with Crippen LogP contribution in [-0.2, 0) is 10.8 Å². The van der Waals surface area contributed by atoms with Crippen molar-refractivity contribution in [2.75, 3.05) is 0 Å². The largest absolute Gasteiger partial charge is 0.251 e. The van der Waals surface area contributed by atoms with Crippen molar-refractivity contribution in [3.05, 3.63) is 306 Å². The molecule has 3 nitrogen and oxygen atoms in total. The van der Waals surface area contributed by atoms with E-state index >= 15 is 0 Å². The van der Waals surface area contributed by atoms with E-state index in [1.165, 1.54) is 77.7 Å². The van der Waals surface area contributed by atoms with Crippen LogP contribution in [0.2, 0.25) is 0 Å². The van der Waals surface area contributed by atoms with Gasteiger partial charge in [0.25, 0.3) is 0 Å². The predicted molar refractivity (Wildman–Crippen MR) is 346 cm³/mol. The Balaban J connectivity index is 0.968. The normalized spacial score (nSPS) is 14.9. The molecule has 83 heavy (non-hydrogen) atoms. The van der Waals surface area contributed by atoms with Crippen LogP contribution >= 0.6 is 0 Å². The fourth-order valence-electron chi connectivity index (χ4n) is 14.1. The van der Waals surface area contributed by atoms with Gasteiger partial charge in [0.15, 0.2) is 5.82 Å². The summed E-state index contributed by atoms with van der Waals surface area (Å²) in [5.74, 6) is 0.632. The summed E-state index contributed by atoms with van der Waals surface area (Å²) >= 11 is 0. The second-order valence-corrected chi connectivity index (χ2v) is 23.8. The third-order valence-electron chi connectivity index (χ3n) is 18.3. The highest BCUT2D eigenvalue weighted by atomic mass is 14.9. The average Bonchev–Trinajstić information content (AvgIpc) is 4.03. The van der Waals surface area contributed by atoms with Crippen LogP contribution in [0.15, 0.2) is 272 Å². The van der Waals surface area contributed by atoms with Gasteiger partial charge in [-0.1, -0.05) is 246 Å². The lowest BCUT2D eigenvalue weighted by molar-refractivity contribution is 0.660. The molecule has 0 fully saturated rings. The minimum absolute atomic E-state index is 0.0194. The van der Waals surface area contributed by atoms with E-state index in [4.69, 9.17) is 15.0 Å². The van der Waals surface area contributed by atoms with Crippen LogP contribution in [0.4, 0.5) is 5.69 Å². The van der Waals surface area contributed by atoms with Crippen LogP contribution in [0.1, 0.15) is 72.6 Å². The first-order chi connectivity index (χ1) is 40.6. The van der Waals surface area contributed by atoms with Crippen LogP contribution in [0, 0.1) is 0 Å². The number of benzene rings is 12. The van der Waals surface area contributed by atoms with E-state index in [1.54, 1.807) is 0 Å². The van der Waals surface area contributed by atoms with Crippen LogP contribution in [0.25, 0.3) is 111 Å². The molecule has 2 aliphatic carbocycles. The lowest BCUT2D eigenvalue weighted by Gasteiger charge is -2.23. The highest BCUT2D eigenvalue weighted by molar-refractivity contribution is 6.12. The van der Waals surface area contributed by atoms with Gasteiger partial charge in [0.1, 0.15) is 0 Å². The number of hydrogen-bond donors (Lipinski definition) is 0. The maximum absolute atomic E-state index is 5.82. The minimum Gasteiger partial charge on any atom is -0.251 e. The first-order valence-corrected chi connectivity index (χ1v) is 29.0. The molecule has 1 aromatic heterocycles. The molecule has 1 aliphatic heterocycles. The maximum atomic E-state index is 5.82. The smallest absolute Gasteiger partial charge is 0.160 e. The zero-order chi connectivity index (χ0) is 55.6. The fraction of sp³-hybridized carbons (Fsp3) is 0.0875. The molecule has 0 bridgehead atoms. The molecule has 1 atom stereocenters. The van der Waals surface area contributed by atoms with Crippen LogP contribution in [-0.4, -0.2) is 15.7 Å². The quantitative estimate of drug-likeness (QED) is 0.152. The van der Waals surface area contributed by atoms with Crippen molar-refractivity contribution >= 4 is 33.1 Å². The monoisotopic (exact) mass is 1060 g/mol. The highest BCUT2D eigenvalue weighted by Crippen LogP contribution is 2.53. The molecule has 0 radical (unpaired) electrons. The van der Waals surface area contributed by atoms with Crippen LogP contribution in [0.5, 0.6) is 0 Å². The van der Waals surface area contributed by atoms with Gasteiger partial charge in [-0.2, -0.15) is 0 Å². The van der Waals surface area contributed by atoms with E-state index < -0.39 is 0 Å². The topological polar surface area (TPSA) is 38.1 Å². The molecular formula is C80H57N3. The van der Waals surface area contributed by atoms with Crippen molar-refractivity contribution in [2.45, 2.75) is 44.4 Å². The zero-order valence-electron chi connectivity index (χ0n) is 46.8. The Hall–Kier alpha value is -10.1. The summed E-state index contributed by atoms with van der Waals surface area (Å²) in [6, 6.07) is 98.1. The van der Waals surface area contributed by atoms with Gasteiger partial charge in [-0.05, 0) is 159 Å². The first-order valence-electron chi connectivity index (χ1n) is 29.0. The molecular weight excluding hydrogens is 1000 g/mol. The number of rotatable bonds is 8. The van der Waals surface area contributed by atoms with E-state index in [9.17, 15) is 0 Å². The second-order valence-electron chi connectivity index (χ2n) is 23.8. The maximum Gasteiger partial charge on any atom is 0.160 e. The minimum atomic E-state index is -0.204. The zero-order valence-corrected chi connectivity index (χ0v) is 46.8. The van der Waals surface area contributed by atoms with Crippen molar-refractivity contribution < 1.29 is 0 Å². The fourth-order valence-corrected chi connectivity index (χ4v) is 14.1. The summed E-state index contributed by atoms with van der Waals surface area (Å²) < 4.78 is 0. The third kappa shape index (κ3) is 7.83. The van der Waals surface area contributed by atoms with E-state index in [0.717, 1.165) is 77.9 Å². The molecule has 1 unspecified atom stereocenters. The predicted octanol–water partition coefficient (Wildman–Crippen LogP) is 20.7. The van der Waals surface area contributed by atoms with E-state index in [0.29, 0.717) is 5.82 Å². The average molecular weight is 1060 g/mol. The van der Waals surface area contributed by atoms with Crippen LogP contribution in [0.3, 0.4) is 0 Å². The molecule has 16 rings (SSSR count). The molecule has 0 N–H and O–H groups in total. The molecule has 3 aliphatic rings. The van der Waals surface area contributed by atoms with Crippen molar-refractivity contribution in [1.82, 2.24) is 9.97 Å². The molecule has 392 valence electrons. The summed E-state index contributed by atoms with van der Waals surface area (Å²) in [6.45, 7) is 9.47. The summed E-state index contributed by atoms with van der Waals surface area (Å²) in [5, 5.41) is 3.31. The molecule has 0 saturated heterocycles. The van der Waals surface area contributed by atoms with Gasteiger partial charge in [-0.15, -0.1) is 0 Å². The summed E-state index contributed by atoms with van der Waals surface area (Å²) in [6.07, 6.45) is 0. The second kappa shape index (κ2) is 18.7.